The third-order valence-corrected chi connectivity index (χ3v) is 4.80. The zero-order valence-corrected chi connectivity index (χ0v) is 15.3. The van der Waals surface area contributed by atoms with Gasteiger partial charge in [-0.25, -0.2) is 4.79 Å². The van der Waals surface area contributed by atoms with Gasteiger partial charge in [-0.1, -0.05) is 54.6 Å². The number of anilines is 1. The number of nitrogen functional groups attached to an aromatic ring is 1. The summed E-state index contributed by atoms with van der Waals surface area (Å²) < 4.78 is 5.49. The second kappa shape index (κ2) is 7.96. The standard InChI is InChI=1S/C23H21N3O2/c24-16-11-13-25-17(14-16)6-5-12-26-23(27)28-15-22-20-9-3-1-7-18(20)19-8-2-4-10-21(19)22/h1-11,13-14,22H,12,15H2,(H2,24,25)(H,26,27). The number of alkyl carbamates (subject to hydrolysis) is 1. The summed E-state index contributed by atoms with van der Waals surface area (Å²) in [6, 6.07) is 20.0. The van der Waals surface area contributed by atoms with Gasteiger partial charge in [0, 0.05) is 24.3 Å². The molecule has 5 nitrogen and oxygen atoms in total. The number of ether oxygens (including phenoxy) is 1. The van der Waals surface area contributed by atoms with Gasteiger partial charge in [0.2, 0.25) is 0 Å². The third-order valence-electron chi connectivity index (χ3n) is 4.80. The Morgan fingerprint density at radius 1 is 1.07 bits per heavy atom. The maximum absolute atomic E-state index is 12.1. The van der Waals surface area contributed by atoms with Gasteiger partial charge in [0.25, 0.3) is 0 Å². The smallest absolute Gasteiger partial charge is 0.407 e. The highest BCUT2D eigenvalue weighted by Gasteiger charge is 2.28. The number of aromatic nitrogens is 1. The number of nitrogens with two attached hydrogens (primary N) is 1. The maximum atomic E-state index is 12.1. The Morgan fingerprint density at radius 2 is 1.75 bits per heavy atom. The summed E-state index contributed by atoms with van der Waals surface area (Å²) in [7, 11) is 0. The first-order valence-electron chi connectivity index (χ1n) is 9.19. The Bertz CT molecular complexity index is 984. The molecule has 0 radical (unpaired) electrons. The molecule has 1 aromatic heterocycles. The SMILES string of the molecule is Nc1ccnc(C=CCNC(=O)OCC2c3ccccc3-c3ccccc32)c1. The number of hydrogen-bond donors (Lipinski definition) is 2. The molecule has 5 heteroatoms. The molecule has 0 aliphatic heterocycles. The van der Waals surface area contributed by atoms with Crippen molar-refractivity contribution in [3.8, 4) is 11.1 Å². The van der Waals surface area contributed by atoms with E-state index in [1.54, 1.807) is 24.4 Å². The minimum atomic E-state index is -0.438. The Kier molecular flexibility index (Phi) is 5.06. The molecule has 28 heavy (non-hydrogen) atoms. The molecule has 0 saturated heterocycles. The van der Waals surface area contributed by atoms with Crippen LogP contribution in [0.5, 0.6) is 0 Å². The summed E-state index contributed by atoms with van der Waals surface area (Å²) in [4.78, 5) is 16.3. The van der Waals surface area contributed by atoms with Crippen LogP contribution in [0.1, 0.15) is 22.7 Å². The lowest BCUT2D eigenvalue weighted by Crippen LogP contribution is -2.26. The Morgan fingerprint density at radius 3 is 2.43 bits per heavy atom. The predicted molar refractivity (Wildman–Crippen MR) is 111 cm³/mol. The van der Waals surface area contributed by atoms with E-state index in [0.717, 1.165) is 5.69 Å². The molecule has 1 amide bonds. The van der Waals surface area contributed by atoms with E-state index in [4.69, 9.17) is 10.5 Å². The van der Waals surface area contributed by atoms with E-state index in [2.05, 4.69) is 34.6 Å². The molecule has 1 aliphatic carbocycles. The molecule has 0 unspecified atom stereocenters. The average molecular weight is 371 g/mol. The van der Waals surface area contributed by atoms with Crippen LogP contribution in [0.15, 0.2) is 72.9 Å². The van der Waals surface area contributed by atoms with Crippen LogP contribution in [-0.2, 0) is 4.74 Å². The van der Waals surface area contributed by atoms with Gasteiger partial charge in [0.05, 0.1) is 5.69 Å². The monoisotopic (exact) mass is 371 g/mol. The van der Waals surface area contributed by atoms with E-state index in [9.17, 15) is 4.79 Å². The minimum absolute atomic E-state index is 0.0604. The number of rotatable bonds is 5. The molecule has 0 bridgehead atoms. The molecule has 0 atom stereocenters. The van der Waals surface area contributed by atoms with E-state index in [-0.39, 0.29) is 5.92 Å². The Labute approximate surface area is 163 Å². The number of nitrogens with one attached hydrogen (secondary N) is 1. The van der Waals surface area contributed by atoms with Gasteiger partial charge in [-0.2, -0.15) is 0 Å². The van der Waals surface area contributed by atoms with Crippen molar-refractivity contribution in [3.63, 3.8) is 0 Å². The Hall–Kier alpha value is -3.60. The lowest BCUT2D eigenvalue weighted by atomic mass is 9.98. The first-order valence-corrected chi connectivity index (χ1v) is 9.19. The lowest BCUT2D eigenvalue weighted by Gasteiger charge is -2.14. The summed E-state index contributed by atoms with van der Waals surface area (Å²) >= 11 is 0. The van der Waals surface area contributed by atoms with Crippen LogP contribution in [0.25, 0.3) is 17.2 Å². The molecule has 2 aromatic carbocycles. The predicted octanol–water partition coefficient (Wildman–Crippen LogP) is 4.22. The number of carbonyl (C=O) groups is 1. The number of nitrogens with zero attached hydrogens (tertiary/aromatic N) is 1. The second-order valence-electron chi connectivity index (χ2n) is 6.62. The van der Waals surface area contributed by atoms with Gasteiger partial charge in [-0.05, 0) is 40.5 Å². The first-order chi connectivity index (χ1) is 13.7. The number of hydrogen-bond acceptors (Lipinski definition) is 4. The van der Waals surface area contributed by atoms with Crippen LogP contribution in [0.3, 0.4) is 0 Å². The molecule has 1 aliphatic rings. The molecule has 3 N–H and O–H groups in total. The average Bonchev–Trinajstić information content (AvgIpc) is 3.04. The zero-order chi connectivity index (χ0) is 19.3. The van der Waals surface area contributed by atoms with Crippen molar-refractivity contribution < 1.29 is 9.53 Å². The molecular formula is C23H21N3O2. The van der Waals surface area contributed by atoms with E-state index in [0.29, 0.717) is 18.8 Å². The van der Waals surface area contributed by atoms with Crippen molar-refractivity contribution in [1.29, 1.82) is 0 Å². The number of benzene rings is 2. The number of fused-ring (bicyclic) bond motifs is 3. The summed E-state index contributed by atoms with van der Waals surface area (Å²) in [5, 5.41) is 2.73. The van der Waals surface area contributed by atoms with E-state index in [1.165, 1.54) is 22.3 Å². The van der Waals surface area contributed by atoms with Gasteiger partial charge in [-0.3, -0.25) is 4.98 Å². The lowest BCUT2D eigenvalue weighted by molar-refractivity contribution is 0.144. The molecule has 0 saturated carbocycles. The normalized spacial score (nSPS) is 12.6. The molecule has 0 fully saturated rings. The number of amides is 1. The van der Waals surface area contributed by atoms with Crippen LogP contribution < -0.4 is 11.1 Å². The van der Waals surface area contributed by atoms with Gasteiger partial charge in [0.1, 0.15) is 6.61 Å². The summed E-state index contributed by atoms with van der Waals surface area (Å²) in [6.45, 7) is 0.660. The highest BCUT2D eigenvalue weighted by atomic mass is 16.5. The van der Waals surface area contributed by atoms with Gasteiger partial charge in [-0.15, -0.1) is 0 Å². The topological polar surface area (TPSA) is 77.2 Å². The molecule has 3 aromatic rings. The molecule has 4 rings (SSSR count). The van der Waals surface area contributed by atoms with E-state index in [1.807, 2.05) is 30.3 Å². The summed E-state index contributed by atoms with van der Waals surface area (Å²) in [5.41, 5.74) is 11.9. The van der Waals surface area contributed by atoms with Crippen molar-refractivity contribution in [2.75, 3.05) is 18.9 Å². The summed E-state index contributed by atoms with van der Waals surface area (Å²) in [5.74, 6) is 0.0604. The van der Waals surface area contributed by atoms with Crippen LogP contribution in [0.2, 0.25) is 0 Å². The van der Waals surface area contributed by atoms with Crippen molar-refractivity contribution >= 4 is 17.9 Å². The van der Waals surface area contributed by atoms with Crippen molar-refractivity contribution in [3.05, 3.63) is 89.8 Å². The number of pyridine rings is 1. The fourth-order valence-electron chi connectivity index (χ4n) is 3.53. The molecule has 140 valence electrons. The maximum Gasteiger partial charge on any atom is 0.407 e. The van der Waals surface area contributed by atoms with Gasteiger partial charge < -0.3 is 15.8 Å². The van der Waals surface area contributed by atoms with Crippen LogP contribution in [-0.4, -0.2) is 24.2 Å². The summed E-state index contributed by atoms with van der Waals surface area (Å²) in [6.07, 6.45) is 4.82. The van der Waals surface area contributed by atoms with E-state index >= 15 is 0 Å². The highest BCUT2D eigenvalue weighted by Crippen LogP contribution is 2.44. The highest BCUT2D eigenvalue weighted by molar-refractivity contribution is 5.79. The first kappa shape index (κ1) is 17.8. The quantitative estimate of drug-likeness (QED) is 0.704. The third kappa shape index (κ3) is 3.74. The van der Waals surface area contributed by atoms with Gasteiger partial charge in [0.15, 0.2) is 0 Å². The van der Waals surface area contributed by atoms with E-state index < -0.39 is 6.09 Å². The molecule has 1 heterocycles. The fraction of sp³-hybridized carbons (Fsp3) is 0.130. The second-order valence-corrected chi connectivity index (χ2v) is 6.62. The van der Waals surface area contributed by atoms with Crippen molar-refractivity contribution in [1.82, 2.24) is 10.3 Å². The van der Waals surface area contributed by atoms with Crippen LogP contribution in [0.4, 0.5) is 10.5 Å². The Balaban J connectivity index is 1.34. The zero-order valence-electron chi connectivity index (χ0n) is 15.3. The van der Waals surface area contributed by atoms with Crippen LogP contribution in [0, 0.1) is 0 Å². The van der Waals surface area contributed by atoms with Gasteiger partial charge >= 0.3 is 6.09 Å². The molecular weight excluding hydrogens is 350 g/mol. The molecule has 0 spiro atoms. The number of carbonyl (C=O) groups excluding carboxylic acids is 1. The largest absolute Gasteiger partial charge is 0.449 e. The minimum Gasteiger partial charge on any atom is -0.449 e. The fourth-order valence-corrected chi connectivity index (χ4v) is 3.53. The van der Waals surface area contributed by atoms with Crippen molar-refractivity contribution in [2.24, 2.45) is 0 Å². The van der Waals surface area contributed by atoms with Crippen LogP contribution >= 0.6 is 0 Å². The van der Waals surface area contributed by atoms with Crippen molar-refractivity contribution in [2.45, 2.75) is 5.92 Å².